The van der Waals surface area contributed by atoms with Gasteiger partial charge in [0.2, 0.25) is 5.91 Å². The van der Waals surface area contributed by atoms with Crippen LogP contribution in [0.3, 0.4) is 0 Å². The SMILES string of the molecule is CCNC(=O)CCOc1ccccc1CC(=O)O. The highest BCUT2D eigenvalue weighted by Gasteiger charge is 2.07. The molecule has 5 heteroatoms. The Morgan fingerprint density at radius 2 is 2.06 bits per heavy atom. The molecule has 0 saturated heterocycles. The normalized spacial score (nSPS) is 9.83. The Bertz CT molecular complexity index is 417. The van der Waals surface area contributed by atoms with Gasteiger partial charge in [-0.25, -0.2) is 0 Å². The summed E-state index contributed by atoms with van der Waals surface area (Å²) in [6.07, 6.45) is 0.173. The molecule has 5 nitrogen and oxygen atoms in total. The molecule has 0 fully saturated rings. The number of aliphatic carboxylic acids is 1. The van der Waals surface area contributed by atoms with Crippen LogP contribution in [0, 0.1) is 0 Å². The number of carbonyl (C=O) groups excluding carboxylic acids is 1. The maximum atomic E-state index is 11.2. The lowest BCUT2D eigenvalue weighted by atomic mass is 10.1. The number of nitrogens with one attached hydrogen (secondary N) is 1. The molecule has 0 atom stereocenters. The molecule has 0 spiro atoms. The van der Waals surface area contributed by atoms with Gasteiger partial charge in [-0.1, -0.05) is 18.2 Å². The Balaban J connectivity index is 2.51. The topological polar surface area (TPSA) is 75.6 Å². The first-order valence-corrected chi connectivity index (χ1v) is 5.82. The van der Waals surface area contributed by atoms with Gasteiger partial charge in [-0.05, 0) is 13.0 Å². The van der Waals surface area contributed by atoms with E-state index in [1.807, 2.05) is 6.92 Å². The van der Waals surface area contributed by atoms with Gasteiger partial charge < -0.3 is 15.2 Å². The molecule has 98 valence electrons. The molecule has 1 aromatic carbocycles. The van der Waals surface area contributed by atoms with Crippen LogP contribution in [-0.2, 0) is 16.0 Å². The number of carboxylic acid groups (broad SMARTS) is 1. The largest absolute Gasteiger partial charge is 0.493 e. The molecule has 0 bridgehead atoms. The van der Waals surface area contributed by atoms with Gasteiger partial charge in [0.05, 0.1) is 19.4 Å². The van der Waals surface area contributed by atoms with Crippen molar-refractivity contribution in [2.75, 3.05) is 13.2 Å². The zero-order valence-electron chi connectivity index (χ0n) is 10.3. The molecule has 0 unspecified atom stereocenters. The van der Waals surface area contributed by atoms with Gasteiger partial charge in [0.1, 0.15) is 5.75 Å². The van der Waals surface area contributed by atoms with Crippen LogP contribution in [0.25, 0.3) is 0 Å². The second-order valence-electron chi connectivity index (χ2n) is 3.73. The number of para-hydroxylation sites is 1. The van der Waals surface area contributed by atoms with Crippen LogP contribution in [0.5, 0.6) is 5.75 Å². The van der Waals surface area contributed by atoms with Crippen molar-refractivity contribution in [1.29, 1.82) is 0 Å². The lowest BCUT2D eigenvalue weighted by Gasteiger charge is -2.10. The zero-order chi connectivity index (χ0) is 13.4. The minimum Gasteiger partial charge on any atom is -0.493 e. The van der Waals surface area contributed by atoms with Crippen molar-refractivity contribution in [2.45, 2.75) is 19.8 Å². The van der Waals surface area contributed by atoms with E-state index in [9.17, 15) is 9.59 Å². The Morgan fingerprint density at radius 1 is 1.33 bits per heavy atom. The summed E-state index contributed by atoms with van der Waals surface area (Å²) in [6.45, 7) is 2.68. The van der Waals surface area contributed by atoms with E-state index in [1.54, 1.807) is 24.3 Å². The van der Waals surface area contributed by atoms with Crippen LogP contribution in [0.2, 0.25) is 0 Å². The minimum absolute atomic E-state index is 0.0757. The minimum atomic E-state index is -0.908. The fourth-order valence-corrected chi connectivity index (χ4v) is 1.49. The maximum Gasteiger partial charge on any atom is 0.307 e. The summed E-state index contributed by atoms with van der Waals surface area (Å²) in [5.41, 5.74) is 0.612. The van der Waals surface area contributed by atoms with Crippen molar-refractivity contribution in [3.8, 4) is 5.75 Å². The van der Waals surface area contributed by atoms with Gasteiger partial charge in [-0.3, -0.25) is 9.59 Å². The molecule has 2 N–H and O–H groups in total. The van der Waals surface area contributed by atoms with E-state index in [0.717, 1.165) is 0 Å². The number of carboxylic acids is 1. The van der Waals surface area contributed by atoms with E-state index >= 15 is 0 Å². The van der Waals surface area contributed by atoms with Gasteiger partial charge >= 0.3 is 5.97 Å². The number of rotatable bonds is 7. The van der Waals surface area contributed by atoms with Crippen molar-refractivity contribution < 1.29 is 19.4 Å². The van der Waals surface area contributed by atoms with E-state index in [-0.39, 0.29) is 25.4 Å². The smallest absolute Gasteiger partial charge is 0.307 e. The van der Waals surface area contributed by atoms with Crippen molar-refractivity contribution in [2.24, 2.45) is 0 Å². The van der Waals surface area contributed by atoms with Crippen LogP contribution < -0.4 is 10.1 Å². The average Bonchev–Trinajstić information content (AvgIpc) is 2.31. The molecule has 1 amide bonds. The quantitative estimate of drug-likeness (QED) is 0.764. The fourth-order valence-electron chi connectivity index (χ4n) is 1.49. The third kappa shape index (κ3) is 4.86. The standard InChI is InChI=1S/C13H17NO4/c1-2-14-12(15)7-8-18-11-6-4-3-5-10(11)9-13(16)17/h3-6H,2,7-9H2,1H3,(H,14,15)(H,16,17). The van der Waals surface area contributed by atoms with Crippen LogP contribution in [0.15, 0.2) is 24.3 Å². The Hall–Kier alpha value is -2.04. The molecular weight excluding hydrogens is 234 g/mol. The molecule has 0 saturated carbocycles. The Labute approximate surface area is 106 Å². The Morgan fingerprint density at radius 3 is 2.72 bits per heavy atom. The van der Waals surface area contributed by atoms with Gasteiger partial charge in [0.25, 0.3) is 0 Å². The van der Waals surface area contributed by atoms with E-state index in [0.29, 0.717) is 17.9 Å². The highest BCUT2D eigenvalue weighted by atomic mass is 16.5. The predicted octanol–water partition coefficient (Wildman–Crippen LogP) is 1.22. The van der Waals surface area contributed by atoms with Gasteiger partial charge in [-0.15, -0.1) is 0 Å². The summed E-state index contributed by atoms with van der Waals surface area (Å²) in [5, 5.41) is 11.4. The highest BCUT2D eigenvalue weighted by molar-refractivity contribution is 5.76. The number of hydrogen-bond donors (Lipinski definition) is 2. The monoisotopic (exact) mass is 251 g/mol. The number of benzene rings is 1. The second kappa shape index (κ2) is 7.32. The van der Waals surface area contributed by atoms with Crippen molar-refractivity contribution in [1.82, 2.24) is 5.32 Å². The third-order valence-corrected chi connectivity index (χ3v) is 2.27. The Kier molecular flexibility index (Phi) is 5.70. The van der Waals surface area contributed by atoms with Crippen LogP contribution in [-0.4, -0.2) is 30.1 Å². The lowest BCUT2D eigenvalue weighted by Crippen LogP contribution is -2.24. The molecule has 1 rings (SSSR count). The number of ether oxygens (including phenoxy) is 1. The molecular formula is C13H17NO4. The first kappa shape index (κ1) is 14.0. The summed E-state index contributed by atoms with van der Waals surface area (Å²) in [7, 11) is 0. The molecule has 0 radical (unpaired) electrons. The van der Waals surface area contributed by atoms with Crippen LogP contribution in [0.1, 0.15) is 18.9 Å². The highest BCUT2D eigenvalue weighted by Crippen LogP contribution is 2.18. The summed E-state index contributed by atoms with van der Waals surface area (Å²) < 4.78 is 5.43. The molecule has 0 aromatic heterocycles. The third-order valence-electron chi connectivity index (χ3n) is 2.27. The van der Waals surface area contributed by atoms with Crippen LogP contribution in [0.4, 0.5) is 0 Å². The summed E-state index contributed by atoms with van der Waals surface area (Å²) in [4.78, 5) is 21.9. The van der Waals surface area contributed by atoms with E-state index in [4.69, 9.17) is 9.84 Å². The van der Waals surface area contributed by atoms with Gasteiger partial charge in [0, 0.05) is 12.1 Å². The number of amides is 1. The molecule has 0 heterocycles. The molecule has 0 aliphatic carbocycles. The second-order valence-corrected chi connectivity index (χ2v) is 3.73. The summed E-state index contributed by atoms with van der Waals surface area (Å²) in [5.74, 6) is -0.466. The van der Waals surface area contributed by atoms with E-state index in [2.05, 4.69) is 5.32 Å². The predicted molar refractivity (Wildman–Crippen MR) is 66.6 cm³/mol. The first-order chi connectivity index (χ1) is 8.63. The van der Waals surface area contributed by atoms with Crippen LogP contribution >= 0.6 is 0 Å². The van der Waals surface area contributed by atoms with E-state index < -0.39 is 5.97 Å². The first-order valence-electron chi connectivity index (χ1n) is 5.82. The number of hydrogen-bond acceptors (Lipinski definition) is 3. The zero-order valence-corrected chi connectivity index (χ0v) is 10.3. The lowest BCUT2D eigenvalue weighted by molar-refractivity contribution is -0.136. The molecule has 0 aliphatic heterocycles. The fraction of sp³-hybridized carbons (Fsp3) is 0.385. The van der Waals surface area contributed by atoms with Crippen molar-refractivity contribution in [3.63, 3.8) is 0 Å². The van der Waals surface area contributed by atoms with Gasteiger partial charge in [0.15, 0.2) is 0 Å². The average molecular weight is 251 g/mol. The van der Waals surface area contributed by atoms with Crippen molar-refractivity contribution >= 4 is 11.9 Å². The summed E-state index contributed by atoms with van der Waals surface area (Å²) >= 11 is 0. The maximum absolute atomic E-state index is 11.2. The van der Waals surface area contributed by atoms with Gasteiger partial charge in [-0.2, -0.15) is 0 Å². The molecule has 18 heavy (non-hydrogen) atoms. The van der Waals surface area contributed by atoms with Crippen molar-refractivity contribution in [3.05, 3.63) is 29.8 Å². The number of carbonyl (C=O) groups is 2. The molecule has 0 aliphatic rings. The summed E-state index contributed by atoms with van der Waals surface area (Å²) in [6, 6.07) is 6.94. The van der Waals surface area contributed by atoms with E-state index in [1.165, 1.54) is 0 Å². The molecule has 1 aromatic rings.